The first kappa shape index (κ1) is 14.6. The molecule has 0 aromatic carbocycles. The van der Waals surface area contributed by atoms with E-state index in [1.165, 1.54) is 0 Å². The Morgan fingerprint density at radius 3 is 3.15 bits per heavy atom. The van der Waals surface area contributed by atoms with Gasteiger partial charge in [-0.3, -0.25) is 0 Å². The molecule has 0 saturated carbocycles. The molecule has 0 radical (unpaired) electrons. The van der Waals surface area contributed by atoms with Gasteiger partial charge in [-0.05, 0) is 39.4 Å². The Labute approximate surface area is 119 Å². The zero-order valence-corrected chi connectivity index (χ0v) is 12.1. The second-order valence-electron chi connectivity index (χ2n) is 5.09. The van der Waals surface area contributed by atoms with Gasteiger partial charge in [-0.2, -0.15) is 0 Å². The first-order valence-corrected chi connectivity index (χ1v) is 6.98. The molecule has 110 valence electrons. The SMILES string of the molecule is CCOC(=O)c1ccnc(NC2CCCN(C)C2)c1N. The number of carbonyl (C=O) groups is 1. The Balaban J connectivity index is 2.12. The normalized spacial score (nSPS) is 19.6. The number of nitrogens with one attached hydrogen (secondary N) is 1. The van der Waals surface area contributed by atoms with E-state index in [0.29, 0.717) is 29.7 Å². The maximum absolute atomic E-state index is 11.8. The summed E-state index contributed by atoms with van der Waals surface area (Å²) in [5.74, 6) is 0.159. The molecule has 0 spiro atoms. The number of anilines is 2. The molecule has 1 saturated heterocycles. The van der Waals surface area contributed by atoms with Gasteiger partial charge in [0.15, 0.2) is 0 Å². The molecule has 2 heterocycles. The Kier molecular flexibility index (Phi) is 4.79. The van der Waals surface area contributed by atoms with Gasteiger partial charge < -0.3 is 20.7 Å². The molecule has 1 fully saturated rings. The topological polar surface area (TPSA) is 80.5 Å². The molecule has 0 bridgehead atoms. The lowest BCUT2D eigenvalue weighted by molar-refractivity contribution is 0.0527. The summed E-state index contributed by atoms with van der Waals surface area (Å²) in [7, 11) is 2.10. The third-order valence-corrected chi connectivity index (χ3v) is 3.45. The van der Waals surface area contributed by atoms with Crippen molar-refractivity contribution in [2.75, 3.05) is 37.8 Å². The fourth-order valence-electron chi connectivity index (χ4n) is 2.45. The average Bonchev–Trinajstić information content (AvgIpc) is 2.41. The van der Waals surface area contributed by atoms with E-state index in [1.807, 2.05) is 0 Å². The van der Waals surface area contributed by atoms with Crippen LogP contribution in [0.15, 0.2) is 12.3 Å². The molecule has 1 unspecified atom stereocenters. The Hall–Kier alpha value is -1.82. The molecule has 0 amide bonds. The van der Waals surface area contributed by atoms with Crippen LogP contribution in [0.2, 0.25) is 0 Å². The van der Waals surface area contributed by atoms with Crippen molar-refractivity contribution in [3.63, 3.8) is 0 Å². The van der Waals surface area contributed by atoms with E-state index in [1.54, 1.807) is 19.2 Å². The molecular formula is C14H22N4O2. The smallest absolute Gasteiger partial charge is 0.340 e. The molecule has 1 aromatic rings. The lowest BCUT2D eigenvalue weighted by Crippen LogP contribution is -2.40. The van der Waals surface area contributed by atoms with Crippen LogP contribution in [0, 0.1) is 0 Å². The average molecular weight is 278 g/mol. The zero-order valence-electron chi connectivity index (χ0n) is 12.1. The number of nitrogens with two attached hydrogens (primary N) is 1. The van der Waals surface area contributed by atoms with Crippen LogP contribution in [0.4, 0.5) is 11.5 Å². The minimum Gasteiger partial charge on any atom is -0.462 e. The number of hydrogen-bond acceptors (Lipinski definition) is 6. The molecule has 6 nitrogen and oxygen atoms in total. The van der Waals surface area contributed by atoms with Gasteiger partial charge in [0.25, 0.3) is 0 Å². The fourth-order valence-corrected chi connectivity index (χ4v) is 2.45. The summed E-state index contributed by atoms with van der Waals surface area (Å²) < 4.78 is 4.99. The molecular weight excluding hydrogens is 256 g/mol. The highest BCUT2D eigenvalue weighted by molar-refractivity contribution is 5.97. The minimum absolute atomic E-state index is 0.306. The second kappa shape index (κ2) is 6.56. The monoisotopic (exact) mass is 278 g/mol. The van der Waals surface area contributed by atoms with Crippen molar-refractivity contribution in [3.05, 3.63) is 17.8 Å². The van der Waals surface area contributed by atoms with E-state index in [-0.39, 0.29) is 0 Å². The molecule has 1 aromatic heterocycles. The summed E-state index contributed by atoms with van der Waals surface area (Å²) in [5, 5.41) is 3.33. The molecule has 1 aliphatic heterocycles. The number of ether oxygens (including phenoxy) is 1. The number of esters is 1. The van der Waals surface area contributed by atoms with Crippen molar-refractivity contribution in [1.82, 2.24) is 9.88 Å². The van der Waals surface area contributed by atoms with E-state index in [2.05, 4.69) is 22.2 Å². The zero-order chi connectivity index (χ0) is 14.5. The lowest BCUT2D eigenvalue weighted by atomic mass is 10.1. The number of nitrogen functional groups attached to an aromatic ring is 1. The first-order valence-electron chi connectivity index (χ1n) is 6.98. The molecule has 1 aliphatic rings. The molecule has 1 atom stereocenters. The Morgan fingerprint density at radius 2 is 2.45 bits per heavy atom. The fraction of sp³-hybridized carbons (Fsp3) is 0.571. The van der Waals surface area contributed by atoms with Gasteiger partial charge in [0, 0.05) is 18.8 Å². The summed E-state index contributed by atoms with van der Waals surface area (Å²) in [6, 6.07) is 1.90. The van der Waals surface area contributed by atoms with E-state index < -0.39 is 5.97 Å². The van der Waals surface area contributed by atoms with Crippen LogP contribution in [0.5, 0.6) is 0 Å². The number of carbonyl (C=O) groups excluding carboxylic acids is 1. The van der Waals surface area contributed by atoms with Crippen molar-refractivity contribution in [2.45, 2.75) is 25.8 Å². The minimum atomic E-state index is -0.406. The number of likely N-dealkylation sites (N-methyl/N-ethyl adjacent to an activating group) is 1. The number of likely N-dealkylation sites (tertiary alicyclic amines) is 1. The van der Waals surface area contributed by atoms with Crippen molar-refractivity contribution < 1.29 is 9.53 Å². The third-order valence-electron chi connectivity index (χ3n) is 3.45. The molecule has 3 N–H and O–H groups in total. The number of pyridine rings is 1. The highest BCUT2D eigenvalue weighted by Gasteiger charge is 2.20. The van der Waals surface area contributed by atoms with Gasteiger partial charge >= 0.3 is 5.97 Å². The van der Waals surface area contributed by atoms with Crippen molar-refractivity contribution in [2.24, 2.45) is 0 Å². The third kappa shape index (κ3) is 3.39. The van der Waals surface area contributed by atoms with Gasteiger partial charge in [-0.25, -0.2) is 9.78 Å². The summed E-state index contributed by atoms with van der Waals surface area (Å²) in [6.07, 6.45) is 3.80. The van der Waals surface area contributed by atoms with Gasteiger partial charge in [0.2, 0.25) is 0 Å². The summed E-state index contributed by atoms with van der Waals surface area (Å²) >= 11 is 0. The Morgan fingerprint density at radius 1 is 1.65 bits per heavy atom. The molecule has 6 heteroatoms. The predicted molar refractivity (Wildman–Crippen MR) is 78.7 cm³/mol. The summed E-state index contributed by atoms with van der Waals surface area (Å²) in [5.41, 5.74) is 6.76. The number of nitrogens with zero attached hydrogens (tertiary/aromatic N) is 2. The predicted octanol–water partition coefficient (Wildman–Crippen LogP) is 1.35. The number of rotatable bonds is 4. The van der Waals surface area contributed by atoms with E-state index in [9.17, 15) is 4.79 Å². The van der Waals surface area contributed by atoms with Gasteiger partial charge in [-0.1, -0.05) is 0 Å². The van der Waals surface area contributed by atoms with Crippen LogP contribution in [-0.2, 0) is 4.74 Å². The molecule has 2 rings (SSSR count). The van der Waals surface area contributed by atoms with Crippen LogP contribution in [-0.4, -0.2) is 48.6 Å². The van der Waals surface area contributed by atoms with Crippen LogP contribution >= 0.6 is 0 Å². The van der Waals surface area contributed by atoms with Gasteiger partial charge in [0.1, 0.15) is 5.82 Å². The van der Waals surface area contributed by atoms with E-state index in [0.717, 1.165) is 25.9 Å². The highest BCUT2D eigenvalue weighted by atomic mass is 16.5. The van der Waals surface area contributed by atoms with Crippen LogP contribution in [0.25, 0.3) is 0 Å². The number of piperidine rings is 1. The number of hydrogen-bond donors (Lipinski definition) is 2. The lowest BCUT2D eigenvalue weighted by Gasteiger charge is -2.30. The summed E-state index contributed by atoms with van der Waals surface area (Å²) in [4.78, 5) is 18.3. The van der Waals surface area contributed by atoms with Crippen LogP contribution in [0.1, 0.15) is 30.1 Å². The van der Waals surface area contributed by atoms with Crippen LogP contribution < -0.4 is 11.1 Å². The largest absolute Gasteiger partial charge is 0.462 e. The molecule has 0 aliphatic carbocycles. The Bertz CT molecular complexity index is 478. The number of aromatic nitrogens is 1. The van der Waals surface area contributed by atoms with Gasteiger partial charge in [0.05, 0.1) is 17.9 Å². The van der Waals surface area contributed by atoms with Crippen molar-refractivity contribution in [3.8, 4) is 0 Å². The maximum atomic E-state index is 11.8. The van der Waals surface area contributed by atoms with Crippen molar-refractivity contribution >= 4 is 17.5 Å². The van der Waals surface area contributed by atoms with Crippen LogP contribution in [0.3, 0.4) is 0 Å². The van der Waals surface area contributed by atoms with E-state index >= 15 is 0 Å². The maximum Gasteiger partial charge on any atom is 0.340 e. The van der Waals surface area contributed by atoms with Gasteiger partial charge in [-0.15, -0.1) is 0 Å². The summed E-state index contributed by atoms with van der Waals surface area (Å²) in [6.45, 7) is 4.16. The van der Waals surface area contributed by atoms with Crippen molar-refractivity contribution in [1.29, 1.82) is 0 Å². The second-order valence-corrected chi connectivity index (χ2v) is 5.09. The first-order chi connectivity index (χ1) is 9.61. The van der Waals surface area contributed by atoms with E-state index in [4.69, 9.17) is 10.5 Å². The molecule has 20 heavy (non-hydrogen) atoms. The standard InChI is InChI=1S/C14H22N4O2/c1-3-20-14(19)11-6-7-16-13(12(11)15)17-10-5-4-8-18(2)9-10/h6-7,10H,3-5,8-9,15H2,1-2H3,(H,16,17). The quantitative estimate of drug-likeness (QED) is 0.809. The highest BCUT2D eigenvalue weighted by Crippen LogP contribution is 2.23.